The monoisotopic (exact) mass is 210 g/mol. The summed E-state index contributed by atoms with van der Waals surface area (Å²) in [6.07, 6.45) is 4.42. The van der Waals surface area contributed by atoms with Crippen LogP contribution in [0.2, 0.25) is 0 Å². The minimum atomic E-state index is -0.290. The summed E-state index contributed by atoms with van der Waals surface area (Å²) in [6.45, 7) is 0. The van der Waals surface area contributed by atoms with E-state index >= 15 is 0 Å². The molecule has 2 unspecified atom stereocenters. The number of nitrogens with zero attached hydrogens (tertiary/aromatic N) is 2. The number of nitrogens with one attached hydrogen (secondary N) is 2. The van der Waals surface area contributed by atoms with Gasteiger partial charge in [0, 0.05) is 6.04 Å². The van der Waals surface area contributed by atoms with Crippen LogP contribution in [-0.4, -0.2) is 38.6 Å². The maximum Gasteiger partial charge on any atom is 0.273 e. The van der Waals surface area contributed by atoms with Gasteiger partial charge in [-0.05, 0) is 25.7 Å². The Morgan fingerprint density at radius 2 is 2.47 bits per heavy atom. The van der Waals surface area contributed by atoms with Gasteiger partial charge in [0.1, 0.15) is 0 Å². The first-order valence-corrected chi connectivity index (χ1v) is 5.10. The van der Waals surface area contributed by atoms with Crippen LogP contribution in [0.15, 0.2) is 6.20 Å². The molecule has 1 fully saturated rings. The Bertz CT molecular complexity index is 325. The van der Waals surface area contributed by atoms with Crippen molar-refractivity contribution in [3.8, 4) is 0 Å². The Balaban J connectivity index is 1.89. The van der Waals surface area contributed by atoms with Crippen LogP contribution in [0.25, 0.3) is 0 Å². The number of aromatic amines is 1. The van der Waals surface area contributed by atoms with Crippen molar-refractivity contribution in [2.75, 3.05) is 0 Å². The number of amides is 1. The third-order valence-electron chi connectivity index (χ3n) is 2.63. The van der Waals surface area contributed by atoms with E-state index < -0.39 is 0 Å². The van der Waals surface area contributed by atoms with Crippen LogP contribution >= 0.6 is 0 Å². The molecule has 6 heteroatoms. The molecule has 2 atom stereocenters. The van der Waals surface area contributed by atoms with Gasteiger partial charge in [-0.25, -0.2) is 0 Å². The molecule has 2 rings (SSSR count). The molecule has 1 aliphatic carbocycles. The Labute approximate surface area is 87.1 Å². The Morgan fingerprint density at radius 3 is 3.13 bits per heavy atom. The van der Waals surface area contributed by atoms with Gasteiger partial charge in [0.05, 0.1) is 12.3 Å². The normalized spacial score (nSPS) is 26.2. The van der Waals surface area contributed by atoms with Crippen LogP contribution in [0.4, 0.5) is 0 Å². The molecule has 3 N–H and O–H groups in total. The molecule has 0 aromatic carbocycles. The van der Waals surface area contributed by atoms with E-state index in [1.807, 2.05) is 0 Å². The van der Waals surface area contributed by atoms with Gasteiger partial charge >= 0.3 is 0 Å². The van der Waals surface area contributed by atoms with Gasteiger partial charge in [-0.2, -0.15) is 15.4 Å². The van der Waals surface area contributed by atoms with E-state index in [0.29, 0.717) is 6.42 Å². The number of hydrogen-bond donors (Lipinski definition) is 3. The number of aliphatic hydroxyl groups excluding tert-OH is 1. The summed E-state index contributed by atoms with van der Waals surface area (Å²) in [7, 11) is 0. The summed E-state index contributed by atoms with van der Waals surface area (Å²) in [4.78, 5) is 11.6. The average molecular weight is 210 g/mol. The second kappa shape index (κ2) is 4.39. The molecule has 0 aliphatic heterocycles. The Hall–Kier alpha value is -1.43. The minimum Gasteiger partial charge on any atom is -0.393 e. The van der Waals surface area contributed by atoms with Crippen molar-refractivity contribution in [1.29, 1.82) is 0 Å². The minimum absolute atomic E-state index is 0.0537. The molecular weight excluding hydrogens is 196 g/mol. The topological polar surface area (TPSA) is 90.9 Å². The van der Waals surface area contributed by atoms with Crippen molar-refractivity contribution in [2.24, 2.45) is 0 Å². The second-order valence-corrected chi connectivity index (χ2v) is 3.85. The SMILES string of the molecule is O=C(NC1CCCC(O)C1)c1cn[nH]n1. The van der Waals surface area contributed by atoms with Gasteiger partial charge in [-0.15, -0.1) is 0 Å². The lowest BCUT2D eigenvalue weighted by atomic mass is 9.93. The third-order valence-corrected chi connectivity index (χ3v) is 2.63. The van der Waals surface area contributed by atoms with Gasteiger partial charge in [0.2, 0.25) is 0 Å². The van der Waals surface area contributed by atoms with Crippen molar-refractivity contribution in [1.82, 2.24) is 20.7 Å². The van der Waals surface area contributed by atoms with Gasteiger partial charge in [-0.3, -0.25) is 4.79 Å². The standard InChI is InChI=1S/C9H14N4O2/c14-7-3-1-2-6(4-7)11-9(15)8-5-10-13-12-8/h5-7,14H,1-4H2,(H,11,15)(H,10,12,13). The van der Waals surface area contributed by atoms with Crippen molar-refractivity contribution in [2.45, 2.75) is 37.8 Å². The molecule has 1 saturated carbocycles. The molecule has 6 nitrogen and oxygen atoms in total. The maximum absolute atomic E-state index is 11.6. The van der Waals surface area contributed by atoms with Crippen molar-refractivity contribution < 1.29 is 9.90 Å². The highest BCUT2D eigenvalue weighted by atomic mass is 16.3. The molecule has 15 heavy (non-hydrogen) atoms. The summed E-state index contributed by atoms with van der Waals surface area (Å²) < 4.78 is 0. The number of carbonyl (C=O) groups is 1. The number of carbonyl (C=O) groups excluding carboxylic acids is 1. The fourth-order valence-electron chi connectivity index (χ4n) is 1.87. The van der Waals surface area contributed by atoms with E-state index in [1.165, 1.54) is 6.20 Å². The van der Waals surface area contributed by atoms with E-state index in [9.17, 15) is 9.90 Å². The van der Waals surface area contributed by atoms with Gasteiger partial charge in [0.25, 0.3) is 5.91 Å². The Kier molecular flexibility index (Phi) is 2.96. The second-order valence-electron chi connectivity index (χ2n) is 3.85. The molecule has 0 bridgehead atoms. The highest BCUT2D eigenvalue weighted by Gasteiger charge is 2.22. The highest BCUT2D eigenvalue weighted by Crippen LogP contribution is 2.18. The zero-order chi connectivity index (χ0) is 10.7. The molecule has 1 aliphatic rings. The number of H-pyrrole nitrogens is 1. The fourth-order valence-corrected chi connectivity index (χ4v) is 1.87. The number of hydrogen-bond acceptors (Lipinski definition) is 4. The molecule has 1 aromatic heterocycles. The average Bonchev–Trinajstić information content (AvgIpc) is 2.70. The molecule has 1 heterocycles. The number of aliphatic hydroxyl groups is 1. The quantitative estimate of drug-likeness (QED) is 0.632. The van der Waals surface area contributed by atoms with Crippen LogP contribution < -0.4 is 5.32 Å². The van der Waals surface area contributed by atoms with E-state index in [-0.39, 0.29) is 23.7 Å². The largest absolute Gasteiger partial charge is 0.393 e. The summed E-state index contributed by atoms with van der Waals surface area (Å²) in [5.74, 6) is -0.233. The summed E-state index contributed by atoms with van der Waals surface area (Å²) in [6, 6.07) is 0.0537. The van der Waals surface area contributed by atoms with Crippen LogP contribution in [0.5, 0.6) is 0 Å². The van der Waals surface area contributed by atoms with Gasteiger partial charge in [-0.1, -0.05) is 0 Å². The van der Waals surface area contributed by atoms with Crippen molar-refractivity contribution >= 4 is 5.91 Å². The summed E-state index contributed by atoms with van der Waals surface area (Å²) in [5.41, 5.74) is 0.287. The van der Waals surface area contributed by atoms with E-state index in [4.69, 9.17) is 0 Å². The van der Waals surface area contributed by atoms with Crippen LogP contribution in [0.1, 0.15) is 36.2 Å². The first-order chi connectivity index (χ1) is 7.25. The number of rotatable bonds is 2. The Morgan fingerprint density at radius 1 is 1.60 bits per heavy atom. The summed E-state index contributed by atoms with van der Waals surface area (Å²) in [5, 5.41) is 21.9. The lowest BCUT2D eigenvalue weighted by molar-refractivity contribution is 0.0845. The van der Waals surface area contributed by atoms with Gasteiger partial charge < -0.3 is 10.4 Å². The predicted octanol–water partition coefficient (Wildman–Crippen LogP) is -0.162. The van der Waals surface area contributed by atoms with E-state index in [2.05, 4.69) is 20.7 Å². The molecule has 0 saturated heterocycles. The van der Waals surface area contributed by atoms with Gasteiger partial charge in [0.15, 0.2) is 5.69 Å². The molecular formula is C9H14N4O2. The predicted molar refractivity (Wildman–Crippen MR) is 52.1 cm³/mol. The zero-order valence-electron chi connectivity index (χ0n) is 8.31. The van der Waals surface area contributed by atoms with Crippen LogP contribution in [-0.2, 0) is 0 Å². The van der Waals surface area contributed by atoms with Crippen molar-refractivity contribution in [3.63, 3.8) is 0 Å². The third kappa shape index (κ3) is 2.53. The molecule has 0 radical (unpaired) electrons. The first-order valence-electron chi connectivity index (χ1n) is 5.10. The lowest BCUT2D eigenvalue weighted by Gasteiger charge is -2.26. The fraction of sp³-hybridized carbons (Fsp3) is 0.667. The summed E-state index contributed by atoms with van der Waals surface area (Å²) >= 11 is 0. The molecule has 82 valence electrons. The maximum atomic E-state index is 11.6. The zero-order valence-corrected chi connectivity index (χ0v) is 8.31. The van der Waals surface area contributed by atoms with Crippen LogP contribution in [0.3, 0.4) is 0 Å². The smallest absolute Gasteiger partial charge is 0.273 e. The molecule has 0 spiro atoms. The van der Waals surface area contributed by atoms with E-state index in [0.717, 1.165) is 19.3 Å². The van der Waals surface area contributed by atoms with Crippen LogP contribution in [0, 0.1) is 0 Å². The first kappa shape index (κ1) is 10.1. The molecule has 1 aromatic rings. The van der Waals surface area contributed by atoms with Crippen molar-refractivity contribution in [3.05, 3.63) is 11.9 Å². The number of aromatic nitrogens is 3. The molecule has 1 amide bonds. The van der Waals surface area contributed by atoms with E-state index in [1.54, 1.807) is 0 Å². The highest BCUT2D eigenvalue weighted by molar-refractivity contribution is 5.91. The lowest BCUT2D eigenvalue weighted by Crippen LogP contribution is -2.39.